The van der Waals surface area contributed by atoms with Crippen LogP contribution in [0.2, 0.25) is 5.02 Å². The third-order valence-electron chi connectivity index (χ3n) is 5.08. The van der Waals surface area contributed by atoms with Crippen LogP contribution in [0.15, 0.2) is 48.5 Å². The van der Waals surface area contributed by atoms with Crippen molar-refractivity contribution in [2.45, 2.75) is 44.2 Å². The Morgan fingerprint density at radius 3 is 2.43 bits per heavy atom. The highest BCUT2D eigenvalue weighted by atomic mass is 35.5. The van der Waals surface area contributed by atoms with Gasteiger partial charge in [0.05, 0.1) is 0 Å². The highest BCUT2D eigenvalue weighted by Gasteiger charge is 2.33. The summed E-state index contributed by atoms with van der Waals surface area (Å²) in [7, 11) is 0. The van der Waals surface area contributed by atoms with Crippen molar-refractivity contribution < 1.29 is 4.74 Å². The van der Waals surface area contributed by atoms with Crippen LogP contribution in [-0.4, -0.2) is 12.1 Å². The molecule has 2 aromatic rings. The number of benzene rings is 2. The van der Waals surface area contributed by atoms with Crippen LogP contribution < -0.4 is 10.1 Å². The van der Waals surface area contributed by atoms with Crippen molar-refractivity contribution in [3.05, 3.63) is 59.1 Å². The summed E-state index contributed by atoms with van der Waals surface area (Å²) in [5.41, 5.74) is 1.21. The van der Waals surface area contributed by atoms with Crippen molar-refractivity contribution in [1.82, 2.24) is 5.32 Å². The molecule has 4 rings (SSSR count). The fourth-order valence-electron chi connectivity index (χ4n) is 4.05. The summed E-state index contributed by atoms with van der Waals surface area (Å²) in [6, 6.07) is 17.4. The Hall–Kier alpha value is -1.51. The highest BCUT2D eigenvalue weighted by molar-refractivity contribution is 6.31. The molecule has 2 aliphatic rings. The minimum atomic E-state index is 0.723. The maximum Gasteiger partial charge on any atom is 0.127 e. The molecular weight excluding hydrogens is 306 g/mol. The van der Waals surface area contributed by atoms with Gasteiger partial charge in [-0.15, -0.1) is 0 Å². The van der Waals surface area contributed by atoms with Crippen LogP contribution in [0.4, 0.5) is 0 Å². The molecule has 2 nitrogen and oxygen atoms in total. The van der Waals surface area contributed by atoms with Gasteiger partial charge in [-0.3, -0.25) is 0 Å². The molecule has 0 aromatic heterocycles. The number of piperidine rings is 1. The van der Waals surface area contributed by atoms with Crippen LogP contribution in [0.1, 0.15) is 31.2 Å². The maximum atomic E-state index is 6.44. The molecule has 3 atom stereocenters. The van der Waals surface area contributed by atoms with Crippen molar-refractivity contribution >= 4 is 11.6 Å². The zero-order valence-corrected chi connectivity index (χ0v) is 13.9. The number of hydrogen-bond acceptors (Lipinski definition) is 2. The van der Waals surface area contributed by atoms with E-state index in [0.717, 1.165) is 40.9 Å². The lowest BCUT2D eigenvalue weighted by atomic mass is 9.87. The van der Waals surface area contributed by atoms with E-state index in [1.54, 1.807) is 0 Å². The van der Waals surface area contributed by atoms with Gasteiger partial charge >= 0.3 is 0 Å². The standard InChI is InChI=1S/C20H22ClNO/c21-20-9-8-19(23-18-4-2-1-3-5-18)13-15(20)10-14-11-16-6-7-17(12-14)22-16/h1-5,8-9,13-14,16-17,22H,6-7,10-12H2/t14?,16-,17+. The monoisotopic (exact) mass is 327 g/mol. The second-order valence-electron chi connectivity index (χ2n) is 6.85. The van der Waals surface area contributed by atoms with Gasteiger partial charge in [-0.2, -0.15) is 0 Å². The van der Waals surface area contributed by atoms with Crippen molar-refractivity contribution in [1.29, 1.82) is 0 Å². The summed E-state index contributed by atoms with van der Waals surface area (Å²) >= 11 is 6.44. The molecule has 2 saturated heterocycles. The SMILES string of the molecule is Clc1ccc(Oc2ccccc2)cc1CC1C[C@H]2CC[C@@H](C1)N2. The van der Waals surface area contributed by atoms with E-state index in [2.05, 4.69) is 11.4 Å². The largest absolute Gasteiger partial charge is 0.457 e. The molecule has 0 radical (unpaired) electrons. The summed E-state index contributed by atoms with van der Waals surface area (Å²) in [6.07, 6.45) is 6.28. The van der Waals surface area contributed by atoms with Gasteiger partial charge < -0.3 is 10.1 Å². The van der Waals surface area contributed by atoms with E-state index in [-0.39, 0.29) is 0 Å². The molecule has 23 heavy (non-hydrogen) atoms. The van der Waals surface area contributed by atoms with Crippen LogP contribution >= 0.6 is 11.6 Å². The highest BCUT2D eigenvalue weighted by Crippen LogP contribution is 2.35. The Bertz CT molecular complexity index is 661. The fraction of sp³-hybridized carbons (Fsp3) is 0.400. The molecule has 1 N–H and O–H groups in total. The topological polar surface area (TPSA) is 21.3 Å². The Balaban J connectivity index is 1.48. The Kier molecular flexibility index (Phi) is 4.28. The van der Waals surface area contributed by atoms with Crippen LogP contribution in [0.5, 0.6) is 11.5 Å². The molecule has 3 heteroatoms. The number of halogens is 1. The van der Waals surface area contributed by atoms with E-state index in [1.807, 2.05) is 42.5 Å². The predicted octanol–water partition coefficient (Wildman–Crippen LogP) is 5.21. The summed E-state index contributed by atoms with van der Waals surface area (Å²) < 4.78 is 5.95. The Morgan fingerprint density at radius 2 is 1.70 bits per heavy atom. The molecule has 0 saturated carbocycles. The molecule has 2 fully saturated rings. The Labute approximate surface area is 142 Å². The second-order valence-corrected chi connectivity index (χ2v) is 7.25. The van der Waals surface area contributed by atoms with Crippen LogP contribution in [0.25, 0.3) is 0 Å². The first-order chi connectivity index (χ1) is 11.3. The molecule has 120 valence electrons. The predicted molar refractivity (Wildman–Crippen MR) is 94.3 cm³/mol. The zero-order chi connectivity index (χ0) is 15.6. The number of nitrogens with one attached hydrogen (secondary N) is 1. The first-order valence-electron chi connectivity index (χ1n) is 8.53. The minimum Gasteiger partial charge on any atom is -0.457 e. The molecule has 0 amide bonds. The number of fused-ring (bicyclic) bond motifs is 2. The molecule has 2 bridgehead atoms. The number of para-hydroxylation sites is 1. The first kappa shape index (κ1) is 15.0. The lowest BCUT2D eigenvalue weighted by Gasteiger charge is -2.29. The van der Waals surface area contributed by atoms with Gasteiger partial charge in [0.15, 0.2) is 0 Å². The minimum absolute atomic E-state index is 0.723. The maximum absolute atomic E-state index is 6.44. The van der Waals surface area contributed by atoms with Gasteiger partial charge in [0.1, 0.15) is 11.5 Å². The molecule has 0 aliphatic carbocycles. The van der Waals surface area contributed by atoms with Gasteiger partial charge in [-0.1, -0.05) is 29.8 Å². The first-order valence-corrected chi connectivity index (χ1v) is 8.91. The van der Waals surface area contributed by atoms with E-state index in [4.69, 9.17) is 16.3 Å². The van der Waals surface area contributed by atoms with Crippen molar-refractivity contribution in [3.63, 3.8) is 0 Å². The number of hydrogen-bond donors (Lipinski definition) is 1. The quantitative estimate of drug-likeness (QED) is 0.832. The molecular formula is C20H22ClNO. The van der Waals surface area contributed by atoms with E-state index < -0.39 is 0 Å². The Morgan fingerprint density at radius 1 is 0.957 bits per heavy atom. The normalized spacial score (nSPS) is 26.2. The van der Waals surface area contributed by atoms with Crippen molar-refractivity contribution in [3.8, 4) is 11.5 Å². The van der Waals surface area contributed by atoms with Crippen LogP contribution in [0.3, 0.4) is 0 Å². The van der Waals surface area contributed by atoms with Crippen LogP contribution in [-0.2, 0) is 6.42 Å². The number of rotatable bonds is 4. The van der Waals surface area contributed by atoms with Gasteiger partial charge in [-0.05, 0) is 73.9 Å². The average Bonchev–Trinajstić information content (AvgIpc) is 2.90. The van der Waals surface area contributed by atoms with Crippen LogP contribution in [0, 0.1) is 5.92 Å². The summed E-state index contributed by atoms with van der Waals surface area (Å²) in [6.45, 7) is 0. The van der Waals surface area contributed by atoms with Crippen molar-refractivity contribution in [2.75, 3.05) is 0 Å². The smallest absolute Gasteiger partial charge is 0.127 e. The van der Waals surface area contributed by atoms with E-state index >= 15 is 0 Å². The third kappa shape index (κ3) is 3.54. The lowest BCUT2D eigenvalue weighted by molar-refractivity contribution is 0.298. The van der Waals surface area contributed by atoms with E-state index in [1.165, 1.54) is 31.2 Å². The van der Waals surface area contributed by atoms with Gasteiger partial charge in [0, 0.05) is 17.1 Å². The molecule has 2 aromatic carbocycles. The third-order valence-corrected chi connectivity index (χ3v) is 5.44. The average molecular weight is 328 g/mol. The zero-order valence-electron chi connectivity index (χ0n) is 13.2. The molecule has 2 aliphatic heterocycles. The molecule has 1 unspecified atom stereocenters. The fourth-order valence-corrected chi connectivity index (χ4v) is 4.24. The van der Waals surface area contributed by atoms with Gasteiger partial charge in [-0.25, -0.2) is 0 Å². The molecule has 2 heterocycles. The summed E-state index contributed by atoms with van der Waals surface area (Å²) in [4.78, 5) is 0. The molecule has 0 spiro atoms. The van der Waals surface area contributed by atoms with E-state index in [0.29, 0.717) is 0 Å². The lowest BCUT2D eigenvalue weighted by Crippen LogP contribution is -2.38. The van der Waals surface area contributed by atoms with Crippen molar-refractivity contribution in [2.24, 2.45) is 5.92 Å². The number of ether oxygens (including phenoxy) is 1. The second kappa shape index (κ2) is 6.54. The van der Waals surface area contributed by atoms with Gasteiger partial charge in [0.25, 0.3) is 0 Å². The summed E-state index contributed by atoms with van der Waals surface area (Å²) in [5, 5.41) is 4.56. The van der Waals surface area contributed by atoms with E-state index in [9.17, 15) is 0 Å². The van der Waals surface area contributed by atoms with Gasteiger partial charge in [0.2, 0.25) is 0 Å². The summed E-state index contributed by atoms with van der Waals surface area (Å²) in [5.74, 6) is 2.46.